The number of amides is 1. The van der Waals surface area contributed by atoms with E-state index in [-0.39, 0.29) is 6.03 Å². The lowest BCUT2D eigenvalue weighted by Crippen LogP contribution is -2.49. The lowest BCUT2D eigenvalue weighted by Gasteiger charge is -2.34. The quantitative estimate of drug-likeness (QED) is 0.396. The number of aryl methyl sites for hydroxylation is 1. The normalized spacial score (nSPS) is 14.3. The summed E-state index contributed by atoms with van der Waals surface area (Å²) in [5, 5.41) is 7.98. The van der Waals surface area contributed by atoms with Crippen molar-refractivity contribution in [1.29, 1.82) is 0 Å². The number of para-hydroxylation sites is 1. The van der Waals surface area contributed by atoms with E-state index in [4.69, 9.17) is 4.74 Å². The minimum atomic E-state index is -0.116. The molecule has 0 spiro atoms. The number of ether oxygens (including phenoxy) is 1. The van der Waals surface area contributed by atoms with Crippen molar-refractivity contribution in [2.75, 3.05) is 31.5 Å². The minimum Gasteiger partial charge on any atom is -0.431 e. The molecule has 0 unspecified atom stereocenters. The molecule has 8 nitrogen and oxygen atoms in total. The molecule has 180 valence electrons. The van der Waals surface area contributed by atoms with Crippen LogP contribution in [0.25, 0.3) is 10.2 Å². The highest BCUT2D eigenvalue weighted by Gasteiger charge is 2.24. The molecule has 2 aromatic carbocycles. The van der Waals surface area contributed by atoms with Crippen LogP contribution in [0.2, 0.25) is 0 Å². The fraction of sp³-hybridized carbons (Fsp3) is 0.269. The third-order valence-electron chi connectivity index (χ3n) is 5.86. The van der Waals surface area contributed by atoms with Gasteiger partial charge in [0.2, 0.25) is 0 Å². The maximum Gasteiger partial charge on any atom is 0.344 e. The Balaban J connectivity index is 1.22. The van der Waals surface area contributed by atoms with Gasteiger partial charge in [0, 0.05) is 56.2 Å². The summed E-state index contributed by atoms with van der Waals surface area (Å²) in [6.45, 7) is 11.3. The van der Waals surface area contributed by atoms with Crippen molar-refractivity contribution in [2.45, 2.75) is 20.4 Å². The summed E-state index contributed by atoms with van der Waals surface area (Å²) in [4.78, 5) is 21.7. The number of nitrogens with zero attached hydrogens (tertiary/aromatic N) is 5. The van der Waals surface area contributed by atoms with E-state index in [0.717, 1.165) is 52.4 Å². The summed E-state index contributed by atoms with van der Waals surface area (Å²) in [6, 6.07) is 16.0. The Kier molecular flexibility index (Phi) is 6.52. The lowest BCUT2D eigenvalue weighted by atomic mass is 10.1. The van der Waals surface area contributed by atoms with E-state index in [9.17, 15) is 4.79 Å². The molecule has 1 saturated heterocycles. The topological polar surface area (TPSA) is 75.5 Å². The van der Waals surface area contributed by atoms with Gasteiger partial charge in [-0.15, -0.1) is 5.10 Å². The minimum absolute atomic E-state index is 0.116. The molecule has 4 aromatic rings. The van der Waals surface area contributed by atoms with Gasteiger partial charge in [-0.25, -0.2) is 9.78 Å². The molecular weight excluding hydrogens is 460 g/mol. The number of anilines is 1. The molecule has 1 aliphatic rings. The van der Waals surface area contributed by atoms with Gasteiger partial charge in [0.1, 0.15) is 5.75 Å². The van der Waals surface area contributed by atoms with E-state index in [1.807, 2.05) is 30.0 Å². The van der Waals surface area contributed by atoms with Crippen LogP contribution in [0.3, 0.4) is 0 Å². The van der Waals surface area contributed by atoms with Gasteiger partial charge >= 0.3 is 6.03 Å². The van der Waals surface area contributed by atoms with Gasteiger partial charge in [0.15, 0.2) is 5.82 Å². The number of carbonyl (C=O) groups excluding carboxylic acids is 1. The van der Waals surface area contributed by atoms with Gasteiger partial charge in [-0.3, -0.25) is 4.90 Å². The summed E-state index contributed by atoms with van der Waals surface area (Å²) < 4.78 is 8.74. The first-order valence-corrected chi connectivity index (χ1v) is 12.4. The van der Waals surface area contributed by atoms with E-state index in [2.05, 4.69) is 58.1 Å². The van der Waals surface area contributed by atoms with Crippen molar-refractivity contribution in [2.24, 2.45) is 0 Å². The van der Waals surface area contributed by atoms with E-state index >= 15 is 0 Å². The maximum absolute atomic E-state index is 12.9. The second-order valence-electron chi connectivity index (χ2n) is 8.76. The first kappa shape index (κ1) is 23.1. The van der Waals surface area contributed by atoms with Crippen LogP contribution in [0.15, 0.2) is 67.0 Å². The molecule has 1 fully saturated rings. The highest BCUT2D eigenvalue weighted by atomic mass is 32.1. The van der Waals surface area contributed by atoms with E-state index in [1.54, 1.807) is 23.6 Å². The van der Waals surface area contributed by atoms with Crippen LogP contribution in [0, 0.1) is 6.92 Å². The maximum atomic E-state index is 12.9. The van der Waals surface area contributed by atoms with Crippen molar-refractivity contribution in [1.82, 2.24) is 24.6 Å². The van der Waals surface area contributed by atoms with Crippen molar-refractivity contribution >= 4 is 33.4 Å². The van der Waals surface area contributed by atoms with Crippen LogP contribution in [0.5, 0.6) is 10.9 Å². The number of nitrogens with one attached hydrogen (secondary N) is 1. The fourth-order valence-electron chi connectivity index (χ4n) is 4.08. The van der Waals surface area contributed by atoms with E-state index in [1.165, 1.54) is 4.68 Å². The van der Waals surface area contributed by atoms with Gasteiger partial charge in [0.05, 0.1) is 10.2 Å². The molecule has 0 radical (unpaired) electrons. The summed E-state index contributed by atoms with van der Waals surface area (Å²) in [6.07, 6.45) is 1.68. The predicted octanol–water partition coefficient (Wildman–Crippen LogP) is 5.32. The molecule has 3 heterocycles. The zero-order valence-corrected chi connectivity index (χ0v) is 20.7. The van der Waals surface area contributed by atoms with Crippen LogP contribution < -0.4 is 10.1 Å². The number of hydrogen-bond donors (Lipinski definition) is 1. The van der Waals surface area contributed by atoms with Gasteiger partial charge in [-0.05, 0) is 37.6 Å². The van der Waals surface area contributed by atoms with Crippen LogP contribution in [-0.4, -0.2) is 56.8 Å². The Bertz CT molecular complexity index is 1340. The van der Waals surface area contributed by atoms with Gasteiger partial charge in [-0.1, -0.05) is 42.2 Å². The van der Waals surface area contributed by atoms with Gasteiger partial charge in [0.25, 0.3) is 5.19 Å². The van der Waals surface area contributed by atoms with Crippen LogP contribution >= 0.6 is 11.3 Å². The summed E-state index contributed by atoms with van der Waals surface area (Å²) >= 11 is 1.55. The summed E-state index contributed by atoms with van der Waals surface area (Å²) in [5.74, 6) is 1.45. The SMILES string of the molecule is C=C(C)Nc1ccn(C(=O)N2CCN(Cc3ccc(C)cc3Oc3nc4ccccc4s3)CC2)n1. The summed E-state index contributed by atoms with van der Waals surface area (Å²) in [5.41, 5.74) is 3.97. The van der Waals surface area contributed by atoms with Crippen molar-refractivity contribution in [3.8, 4) is 10.9 Å². The number of benzene rings is 2. The average Bonchev–Trinajstić information content (AvgIpc) is 3.47. The number of allylic oxidation sites excluding steroid dienone is 1. The molecule has 35 heavy (non-hydrogen) atoms. The summed E-state index contributed by atoms with van der Waals surface area (Å²) in [7, 11) is 0. The number of rotatable bonds is 6. The molecule has 9 heteroatoms. The zero-order chi connectivity index (χ0) is 24.4. The number of thiazole rings is 1. The smallest absolute Gasteiger partial charge is 0.344 e. The highest BCUT2D eigenvalue weighted by molar-refractivity contribution is 7.20. The van der Waals surface area contributed by atoms with Crippen molar-refractivity contribution in [3.05, 3.63) is 78.1 Å². The van der Waals surface area contributed by atoms with Crippen molar-refractivity contribution in [3.63, 3.8) is 0 Å². The monoisotopic (exact) mass is 488 g/mol. The fourth-order valence-corrected chi connectivity index (χ4v) is 4.90. The second kappa shape index (κ2) is 9.89. The number of aromatic nitrogens is 3. The van der Waals surface area contributed by atoms with Gasteiger partial charge in [-0.2, -0.15) is 4.68 Å². The molecule has 5 rings (SSSR count). The molecule has 0 atom stereocenters. The molecule has 0 saturated carbocycles. The third kappa shape index (κ3) is 5.36. The Labute approximate surface area is 208 Å². The molecule has 1 amide bonds. The molecule has 0 aliphatic carbocycles. The number of piperazine rings is 1. The van der Waals surface area contributed by atoms with Crippen molar-refractivity contribution < 1.29 is 9.53 Å². The molecular formula is C26H28N6O2S. The Morgan fingerprint density at radius 2 is 1.94 bits per heavy atom. The van der Waals surface area contributed by atoms with Crippen LogP contribution in [-0.2, 0) is 6.54 Å². The molecule has 1 aliphatic heterocycles. The largest absolute Gasteiger partial charge is 0.431 e. The highest BCUT2D eigenvalue weighted by Crippen LogP contribution is 2.33. The van der Waals surface area contributed by atoms with E-state index < -0.39 is 0 Å². The first-order chi connectivity index (χ1) is 16.9. The number of carbonyl (C=O) groups is 1. The third-order valence-corrected chi connectivity index (χ3v) is 6.77. The molecule has 2 aromatic heterocycles. The Hall–Kier alpha value is -3.69. The van der Waals surface area contributed by atoms with E-state index in [0.29, 0.717) is 24.1 Å². The predicted molar refractivity (Wildman–Crippen MR) is 139 cm³/mol. The second-order valence-corrected chi connectivity index (χ2v) is 9.75. The van der Waals surface area contributed by atoms with Gasteiger partial charge < -0.3 is 15.0 Å². The number of hydrogen-bond acceptors (Lipinski definition) is 7. The lowest BCUT2D eigenvalue weighted by molar-refractivity contribution is 0.134. The first-order valence-electron chi connectivity index (χ1n) is 11.6. The van der Waals surface area contributed by atoms with Crippen LogP contribution in [0.1, 0.15) is 18.1 Å². The Morgan fingerprint density at radius 3 is 2.71 bits per heavy atom. The standard InChI is InChI=1S/C26H28N6O2S/c1-18(2)27-24-10-11-32(29-24)26(33)31-14-12-30(13-15-31)17-20-9-8-19(3)16-22(20)34-25-28-21-6-4-5-7-23(21)35-25/h4-11,16H,1,12-15,17H2,2-3H3,(H,27,29). The zero-order valence-electron chi connectivity index (χ0n) is 19.9. The molecule has 0 bridgehead atoms. The number of fused-ring (bicyclic) bond motifs is 1. The molecule has 1 N–H and O–H groups in total. The average molecular weight is 489 g/mol. The van der Waals surface area contributed by atoms with Crippen LogP contribution in [0.4, 0.5) is 10.6 Å². The Morgan fingerprint density at radius 1 is 1.14 bits per heavy atom.